The quantitative estimate of drug-likeness (QED) is 0.749. The number of halogens is 1. The number of nitrogens with one attached hydrogen (secondary N) is 1. The van der Waals surface area contributed by atoms with Gasteiger partial charge in [-0.25, -0.2) is 0 Å². The van der Waals surface area contributed by atoms with Crippen LogP contribution in [0.3, 0.4) is 0 Å². The zero-order valence-electron chi connectivity index (χ0n) is 14.9. The van der Waals surface area contributed by atoms with Crippen molar-refractivity contribution in [2.75, 3.05) is 38.7 Å². The lowest BCUT2D eigenvalue weighted by Gasteiger charge is -2.15. The first-order chi connectivity index (χ1) is 12.1. The summed E-state index contributed by atoms with van der Waals surface area (Å²) in [5.74, 6) is 0.131. The maximum Gasteiger partial charge on any atom is 0.241 e. The molecule has 0 unspecified atom stereocenters. The Kier molecular flexibility index (Phi) is 14.6. The summed E-state index contributed by atoms with van der Waals surface area (Å²) in [6, 6.07) is 6.93. The largest absolute Gasteiger partial charge is 0.385 e. The van der Waals surface area contributed by atoms with Gasteiger partial charge >= 0.3 is 0 Å². The molecule has 1 fully saturated rings. The van der Waals surface area contributed by atoms with Gasteiger partial charge in [-0.05, 0) is 43.5 Å². The molecule has 0 radical (unpaired) electrons. The van der Waals surface area contributed by atoms with Crippen molar-refractivity contribution < 1.29 is 18.2 Å². The van der Waals surface area contributed by atoms with Crippen LogP contribution < -0.4 is 11.1 Å². The molecule has 0 aliphatic carbocycles. The van der Waals surface area contributed by atoms with Gasteiger partial charge in [0, 0.05) is 37.4 Å². The summed E-state index contributed by atoms with van der Waals surface area (Å²) in [6.45, 7) is 5.03. The van der Waals surface area contributed by atoms with Crippen LogP contribution in [0.15, 0.2) is 29.2 Å². The summed E-state index contributed by atoms with van der Waals surface area (Å²) in [4.78, 5) is 22.8. The number of methoxy groups -OCH3 is 1. The zero-order chi connectivity index (χ0) is 18.9. The molecule has 1 aliphatic heterocycles. The van der Waals surface area contributed by atoms with E-state index in [0.717, 1.165) is 44.6 Å². The van der Waals surface area contributed by atoms with Crippen molar-refractivity contribution in [3.63, 3.8) is 0 Å². The van der Waals surface area contributed by atoms with Gasteiger partial charge in [0.1, 0.15) is 0 Å². The van der Waals surface area contributed by atoms with E-state index < -0.39 is 0 Å². The number of hydrogen-bond acceptors (Lipinski definition) is 5. The summed E-state index contributed by atoms with van der Waals surface area (Å²) in [5.41, 5.74) is 5.01. The number of anilines is 1. The molecule has 1 saturated heterocycles. The third-order valence-electron chi connectivity index (χ3n) is 3.25. The lowest BCUT2D eigenvalue weighted by molar-refractivity contribution is -0.128. The van der Waals surface area contributed by atoms with Crippen LogP contribution >= 0.6 is 12.1 Å². The molecule has 0 spiro atoms. The molecule has 142 valence electrons. The number of likely N-dealkylation sites (tertiary alicyclic amines) is 1. The van der Waals surface area contributed by atoms with E-state index in [-0.39, 0.29) is 24.5 Å². The fraction of sp³-hybridized carbons (Fsp3) is 0.529. The summed E-state index contributed by atoms with van der Waals surface area (Å²) in [7, 11) is 1.71. The minimum atomic E-state index is 0.131. The molecule has 25 heavy (non-hydrogen) atoms. The summed E-state index contributed by atoms with van der Waals surface area (Å²) >= 11 is 0.219. The lowest BCUT2D eigenvalue weighted by atomic mass is 10.3. The molecule has 2 amide bonds. The third kappa shape index (κ3) is 11.4. The Balaban J connectivity index is 0.000000610. The fourth-order valence-corrected chi connectivity index (χ4v) is 2.32. The highest BCUT2D eigenvalue weighted by Crippen LogP contribution is 2.20. The molecule has 1 heterocycles. The Morgan fingerprint density at radius 1 is 1.36 bits per heavy atom. The number of carbonyl (C=O) groups is 2. The Bertz CT molecular complexity index is 467. The standard InChI is InChI=1S/C12H15FN2OS.C4H10O.CH3NO/c13-17-11-5-3-10(4-6-11)14-9-12(16)15-7-1-2-8-15;1-3-4-5-2;2-1-3/h3-6,14H,1-2,7-9H2;3-4H2,1-2H3;1H,(H2,2,3). The summed E-state index contributed by atoms with van der Waals surface area (Å²) in [5, 5.41) is 3.05. The van der Waals surface area contributed by atoms with E-state index in [1.807, 2.05) is 4.90 Å². The maximum absolute atomic E-state index is 12.2. The predicted octanol–water partition coefficient (Wildman–Crippen LogP) is 2.84. The molecule has 1 aromatic rings. The lowest BCUT2D eigenvalue weighted by Crippen LogP contribution is -2.32. The van der Waals surface area contributed by atoms with E-state index in [9.17, 15) is 8.68 Å². The second-order valence-corrected chi connectivity index (χ2v) is 5.80. The van der Waals surface area contributed by atoms with Crippen LogP contribution in [0.25, 0.3) is 0 Å². The van der Waals surface area contributed by atoms with Crippen LogP contribution in [0.1, 0.15) is 26.2 Å². The summed E-state index contributed by atoms with van der Waals surface area (Å²) < 4.78 is 16.9. The van der Waals surface area contributed by atoms with Crippen molar-refractivity contribution in [3.05, 3.63) is 24.3 Å². The van der Waals surface area contributed by atoms with Gasteiger partial charge < -0.3 is 20.7 Å². The number of carbonyl (C=O) groups excluding carboxylic acids is 2. The van der Waals surface area contributed by atoms with Crippen molar-refractivity contribution in [1.29, 1.82) is 0 Å². The molecule has 6 nitrogen and oxygen atoms in total. The number of primary amides is 1. The van der Waals surface area contributed by atoms with E-state index in [0.29, 0.717) is 11.4 Å². The summed E-state index contributed by atoms with van der Waals surface area (Å²) in [6.07, 6.45) is 3.58. The highest BCUT2D eigenvalue weighted by atomic mass is 32.2. The zero-order valence-corrected chi connectivity index (χ0v) is 15.7. The molecule has 8 heteroatoms. The van der Waals surface area contributed by atoms with Crippen molar-refractivity contribution in [1.82, 2.24) is 4.90 Å². The van der Waals surface area contributed by atoms with Gasteiger partial charge in [0.2, 0.25) is 12.3 Å². The first kappa shape index (κ1) is 23.2. The van der Waals surface area contributed by atoms with Crippen molar-refractivity contribution >= 4 is 30.2 Å². The van der Waals surface area contributed by atoms with Gasteiger partial charge in [0.15, 0.2) is 0 Å². The number of nitrogens with two attached hydrogens (primary N) is 1. The average molecular weight is 373 g/mol. The Hall–Kier alpha value is -1.80. The minimum absolute atomic E-state index is 0.131. The first-order valence-electron chi connectivity index (χ1n) is 8.17. The molecule has 1 aromatic carbocycles. The molecule has 3 N–H and O–H groups in total. The first-order valence-corrected chi connectivity index (χ1v) is 8.89. The average Bonchev–Trinajstić information content (AvgIpc) is 3.17. The van der Waals surface area contributed by atoms with Crippen LogP contribution in [-0.4, -0.2) is 50.6 Å². The molecular weight excluding hydrogens is 345 g/mol. The van der Waals surface area contributed by atoms with Crippen molar-refractivity contribution in [3.8, 4) is 0 Å². The van der Waals surface area contributed by atoms with Crippen LogP contribution in [0, 0.1) is 0 Å². The normalized spacial score (nSPS) is 12.4. The minimum Gasteiger partial charge on any atom is -0.385 e. The number of amides is 2. The Morgan fingerprint density at radius 2 is 1.92 bits per heavy atom. The van der Waals surface area contributed by atoms with Crippen LogP contribution in [-0.2, 0) is 14.3 Å². The van der Waals surface area contributed by atoms with Crippen LogP contribution in [0.2, 0.25) is 0 Å². The number of benzene rings is 1. The SMILES string of the molecule is CCCOC.NC=O.O=C(CNc1ccc(SF)cc1)N1CCCC1. The number of ether oxygens (including phenoxy) is 1. The van der Waals surface area contributed by atoms with E-state index >= 15 is 0 Å². The molecule has 0 atom stereocenters. The molecular formula is C17H28FN3O3S. The van der Waals surface area contributed by atoms with E-state index in [2.05, 4.69) is 18.0 Å². The monoisotopic (exact) mass is 373 g/mol. The third-order valence-corrected chi connectivity index (χ3v) is 3.70. The molecule has 2 rings (SSSR count). The topological polar surface area (TPSA) is 84.7 Å². The number of hydrogen-bond donors (Lipinski definition) is 2. The highest BCUT2D eigenvalue weighted by molar-refractivity contribution is 7.94. The van der Waals surface area contributed by atoms with Gasteiger partial charge in [-0.15, -0.1) is 0 Å². The van der Waals surface area contributed by atoms with Gasteiger partial charge in [-0.3, -0.25) is 9.59 Å². The van der Waals surface area contributed by atoms with Gasteiger partial charge in [-0.1, -0.05) is 6.92 Å². The van der Waals surface area contributed by atoms with E-state index in [1.54, 1.807) is 31.4 Å². The van der Waals surface area contributed by atoms with Gasteiger partial charge in [0.25, 0.3) is 0 Å². The number of nitrogens with zero attached hydrogens (tertiary/aromatic N) is 1. The molecule has 0 saturated carbocycles. The fourth-order valence-electron chi connectivity index (χ4n) is 2.08. The Labute approximate surface area is 153 Å². The van der Waals surface area contributed by atoms with E-state index in [4.69, 9.17) is 9.53 Å². The number of rotatable bonds is 6. The second kappa shape index (κ2) is 15.7. The van der Waals surface area contributed by atoms with E-state index in [1.165, 1.54) is 0 Å². The van der Waals surface area contributed by atoms with Gasteiger partial charge in [0.05, 0.1) is 18.7 Å². The van der Waals surface area contributed by atoms with Crippen LogP contribution in [0.4, 0.5) is 9.57 Å². The predicted molar refractivity (Wildman–Crippen MR) is 100 cm³/mol. The second-order valence-electron chi connectivity index (χ2n) is 5.17. The molecule has 0 bridgehead atoms. The van der Waals surface area contributed by atoms with Gasteiger partial charge in [-0.2, -0.15) is 3.89 Å². The van der Waals surface area contributed by atoms with Crippen molar-refractivity contribution in [2.45, 2.75) is 31.1 Å². The maximum atomic E-state index is 12.2. The van der Waals surface area contributed by atoms with Crippen LogP contribution in [0.5, 0.6) is 0 Å². The van der Waals surface area contributed by atoms with Crippen molar-refractivity contribution in [2.24, 2.45) is 5.73 Å². The molecule has 1 aliphatic rings. The smallest absolute Gasteiger partial charge is 0.241 e. The Morgan fingerprint density at radius 3 is 2.32 bits per heavy atom. The molecule has 0 aromatic heterocycles. The highest BCUT2D eigenvalue weighted by Gasteiger charge is 2.16.